The summed E-state index contributed by atoms with van der Waals surface area (Å²) in [7, 11) is 0. The summed E-state index contributed by atoms with van der Waals surface area (Å²) >= 11 is 1.41. The van der Waals surface area contributed by atoms with Crippen molar-refractivity contribution < 1.29 is 15.0 Å². The predicted molar refractivity (Wildman–Crippen MR) is 60.9 cm³/mol. The van der Waals surface area contributed by atoms with Crippen molar-refractivity contribution in [3.63, 3.8) is 0 Å². The average Bonchev–Trinajstić information content (AvgIpc) is 2.19. The van der Waals surface area contributed by atoms with Gasteiger partial charge in [0.25, 0.3) is 0 Å². The Morgan fingerprint density at radius 1 is 1.40 bits per heavy atom. The Morgan fingerprint density at radius 2 is 2.00 bits per heavy atom. The summed E-state index contributed by atoms with van der Waals surface area (Å²) < 4.78 is 0. The predicted octanol–water partition coefficient (Wildman–Crippen LogP) is 1.76. The first-order chi connectivity index (χ1) is 7.02. The monoisotopic (exact) mass is 226 g/mol. The zero-order chi connectivity index (χ0) is 11.3. The topological polar surface area (TPSA) is 57.5 Å². The van der Waals surface area contributed by atoms with Gasteiger partial charge in [-0.15, -0.1) is 0 Å². The van der Waals surface area contributed by atoms with E-state index in [1.807, 2.05) is 30.3 Å². The molecule has 82 valence electrons. The van der Waals surface area contributed by atoms with Gasteiger partial charge in [-0.05, 0) is 12.5 Å². The van der Waals surface area contributed by atoms with Gasteiger partial charge in [0.1, 0.15) is 0 Å². The van der Waals surface area contributed by atoms with Crippen LogP contribution in [-0.4, -0.2) is 27.5 Å². The molecule has 0 radical (unpaired) electrons. The molecule has 0 aliphatic carbocycles. The van der Waals surface area contributed by atoms with Crippen LogP contribution >= 0.6 is 11.8 Å². The maximum atomic E-state index is 10.6. The van der Waals surface area contributed by atoms with Crippen LogP contribution in [0.4, 0.5) is 0 Å². The van der Waals surface area contributed by atoms with Crippen molar-refractivity contribution in [3.05, 3.63) is 35.9 Å². The van der Waals surface area contributed by atoms with Gasteiger partial charge in [0.2, 0.25) is 0 Å². The molecule has 0 saturated carbocycles. The molecule has 15 heavy (non-hydrogen) atoms. The van der Waals surface area contributed by atoms with Crippen molar-refractivity contribution in [3.8, 4) is 0 Å². The summed E-state index contributed by atoms with van der Waals surface area (Å²) in [5.74, 6) is -0.273. The summed E-state index contributed by atoms with van der Waals surface area (Å²) in [4.78, 5) is 10.6. The highest BCUT2D eigenvalue weighted by Gasteiger charge is 2.29. The van der Waals surface area contributed by atoms with E-state index in [0.717, 1.165) is 5.56 Å². The van der Waals surface area contributed by atoms with Gasteiger partial charge in [0, 0.05) is 11.5 Å². The zero-order valence-corrected chi connectivity index (χ0v) is 9.33. The number of carboxylic acid groups (broad SMARTS) is 1. The SMILES string of the molecule is CC(O)(CSCc1ccccc1)C(=O)O. The standard InChI is InChI=1S/C11H14O3S/c1-11(14,10(12)13)8-15-7-9-5-3-2-4-6-9/h2-6,14H,7-8H2,1H3,(H,12,13). The van der Waals surface area contributed by atoms with Gasteiger partial charge in [-0.25, -0.2) is 4.79 Å². The van der Waals surface area contributed by atoms with Crippen LogP contribution in [0.5, 0.6) is 0 Å². The maximum absolute atomic E-state index is 10.6. The fraction of sp³-hybridized carbons (Fsp3) is 0.364. The molecule has 0 aliphatic heterocycles. The van der Waals surface area contributed by atoms with Crippen LogP contribution in [-0.2, 0) is 10.5 Å². The lowest BCUT2D eigenvalue weighted by Crippen LogP contribution is -2.37. The number of rotatable bonds is 5. The van der Waals surface area contributed by atoms with E-state index in [9.17, 15) is 9.90 Å². The molecule has 0 saturated heterocycles. The van der Waals surface area contributed by atoms with Crippen LogP contribution in [0, 0.1) is 0 Å². The van der Waals surface area contributed by atoms with Crippen LogP contribution in [0.1, 0.15) is 12.5 Å². The summed E-state index contributed by atoms with van der Waals surface area (Å²) in [6.45, 7) is 1.31. The molecule has 2 N–H and O–H groups in total. The smallest absolute Gasteiger partial charge is 0.336 e. The van der Waals surface area contributed by atoms with E-state index in [1.54, 1.807) is 0 Å². The zero-order valence-electron chi connectivity index (χ0n) is 8.51. The molecule has 0 bridgehead atoms. The molecule has 3 nitrogen and oxygen atoms in total. The van der Waals surface area contributed by atoms with E-state index in [2.05, 4.69) is 0 Å². The molecule has 1 aromatic carbocycles. The van der Waals surface area contributed by atoms with E-state index in [4.69, 9.17) is 5.11 Å². The molecule has 0 heterocycles. The van der Waals surface area contributed by atoms with E-state index in [-0.39, 0.29) is 5.75 Å². The molecule has 1 atom stereocenters. The Kier molecular flexibility index (Phi) is 4.17. The number of hydrogen-bond acceptors (Lipinski definition) is 3. The lowest BCUT2D eigenvalue weighted by Gasteiger charge is -2.16. The number of carbonyl (C=O) groups is 1. The Labute approximate surface area is 93.1 Å². The van der Waals surface area contributed by atoms with Crippen molar-refractivity contribution in [1.82, 2.24) is 0 Å². The van der Waals surface area contributed by atoms with Crippen LogP contribution in [0.2, 0.25) is 0 Å². The van der Waals surface area contributed by atoms with Crippen molar-refractivity contribution >= 4 is 17.7 Å². The highest BCUT2D eigenvalue weighted by Crippen LogP contribution is 2.18. The highest BCUT2D eigenvalue weighted by atomic mass is 32.2. The molecule has 0 aromatic heterocycles. The number of thioether (sulfide) groups is 1. The second kappa shape index (κ2) is 5.19. The third kappa shape index (κ3) is 3.93. The first-order valence-corrected chi connectivity index (χ1v) is 5.75. The minimum absolute atomic E-state index is 0.192. The van der Waals surface area contributed by atoms with Gasteiger partial charge in [0.15, 0.2) is 5.60 Å². The Morgan fingerprint density at radius 3 is 2.53 bits per heavy atom. The normalized spacial score (nSPS) is 14.5. The summed E-state index contributed by atoms with van der Waals surface area (Å²) in [6, 6.07) is 9.75. The first-order valence-electron chi connectivity index (χ1n) is 4.60. The quantitative estimate of drug-likeness (QED) is 0.803. The Balaban J connectivity index is 2.37. The van der Waals surface area contributed by atoms with Crippen molar-refractivity contribution in [1.29, 1.82) is 0 Å². The molecule has 4 heteroatoms. The second-order valence-electron chi connectivity index (χ2n) is 3.56. The number of carboxylic acids is 1. The van der Waals surface area contributed by atoms with Gasteiger partial charge >= 0.3 is 5.97 Å². The fourth-order valence-electron chi connectivity index (χ4n) is 1.00. The summed E-state index contributed by atoms with van der Waals surface area (Å²) in [5, 5.41) is 18.1. The molecular weight excluding hydrogens is 212 g/mol. The lowest BCUT2D eigenvalue weighted by molar-refractivity contribution is -0.154. The van der Waals surface area contributed by atoms with E-state index < -0.39 is 11.6 Å². The fourth-order valence-corrected chi connectivity index (χ4v) is 2.05. The van der Waals surface area contributed by atoms with Crippen LogP contribution in [0.25, 0.3) is 0 Å². The minimum Gasteiger partial charge on any atom is -0.479 e. The van der Waals surface area contributed by atoms with Gasteiger partial charge in [-0.2, -0.15) is 11.8 Å². The largest absolute Gasteiger partial charge is 0.479 e. The lowest BCUT2D eigenvalue weighted by atomic mass is 10.1. The third-order valence-corrected chi connectivity index (χ3v) is 3.26. The molecule has 0 fully saturated rings. The minimum atomic E-state index is -1.64. The van der Waals surface area contributed by atoms with E-state index in [1.165, 1.54) is 18.7 Å². The van der Waals surface area contributed by atoms with Gasteiger partial charge in [-0.1, -0.05) is 30.3 Å². The van der Waals surface area contributed by atoms with Gasteiger partial charge in [0.05, 0.1) is 0 Å². The van der Waals surface area contributed by atoms with E-state index in [0.29, 0.717) is 5.75 Å². The highest BCUT2D eigenvalue weighted by molar-refractivity contribution is 7.98. The second-order valence-corrected chi connectivity index (χ2v) is 4.54. The molecule has 1 unspecified atom stereocenters. The van der Waals surface area contributed by atoms with Gasteiger partial charge < -0.3 is 10.2 Å². The van der Waals surface area contributed by atoms with Gasteiger partial charge in [-0.3, -0.25) is 0 Å². The maximum Gasteiger partial charge on any atom is 0.336 e. The molecule has 1 aromatic rings. The third-order valence-electron chi connectivity index (χ3n) is 1.96. The Hall–Kier alpha value is -1.00. The van der Waals surface area contributed by atoms with Crippen LogP contribution in [0.3, 0.4) is 0 Å². The van der Waals surface area contributed by atoms with Crippen molar-refractivity contribution in [2.24, 2.45) is 0 Å². The van der Waals surface area contributed by atoms with Crippen molar-refractivity contribution in [2.75, 3.05) is 5.75 Å². The Bertz CT molecular complexity index is 322. The van der Waals surface area contributed by atoms with Crippen molar-refractivity contribution in [2.45, 2.75) is 18.3 Å². The average molecular weight is 226 g/mol. The molecule has 0 aliphatic rings. The van der Waals surface area contributed by atoms with Crippen LogP contribution < -0.4 is 0 Å². The number of aliphatic hydroxyl groups is 1. The number of hydrogen-bond donors (Lipinski definition) is 2. The number of benzene rings is 1. The molecule has 0 spiro atoms. The summed E-state index contributed by atoms with van der Waals surface area (Å²) in [6.07, 6.45) is 0. The molecule has 0 amide bonds. The van der Waals surface area contributed by atoms with Crippen LogP contribution in [0.15, 0.2) is 30.3 Å². The summed E-state index contributed by atoms with van der Waals surface area (Å²) in [5.41, 5.74) is -0.511. The van der Waals surface area contributed by atoms with E-state index >= 15 is 0 Å². The molecule has 1 rings (SSSR count). The molecular formula is C11H14O3S. The number of aliphatic carboxylic acids is 1. The first kappa shape index (κ1) is 12.1.